The van der Waals surface area contributed by atoms with Gasteiger partial charge in [-0.2, -0.15) is 0 Å². The van der Waals surface area contributed by atoms with Gasteiger partial charge in [-0.15, -0.1) is 10.2 Å². The number of para-hydroxylation sites is 1. The van der Waals surface area contributed by atoms with Gasteiger partial charge >= 0.3 is 0 Å². The summed E-state index contributed by atoms with van der Waals surface area (Å²) in [5.74, 6) is -1.15. The van der Waals surface area contributed by atoms with Crippen LogP contribution in [0.1, 0.15) is 13.3 Å². The second-order valence-corrected chi connectivity index (χ2v) is 9.90. The van der Waals surface area contributed by atoms with E-state index in [4.69, 9.17) is 0 Å². The number of nitrogens with one attached hydrogen (secondary N) is 3. The molecule has 1 aromatic heterocycles. The first kappa shape index (κ1) is 24.4. The van der Waals surface area contributed by atoms with Gasteiger partial charge < -0.3 is 20.9 Å². The van der Waals surface area contributed by atoms with E-state index in [9.17, 15) is 19.2 Å². The van der Waals surface area contributed by atoms with E-state index in [0.717, 1.165) is 17.0 Å². The largest absolute Gasteiger partial charge is 0.326 e. The SMILES string of the molecule is CC(=O)Nc1ccc(NC(=O)CSc2nnc(NC(=O)[C@@H]3CC(=O)N(c4ccccc4)C3)s2)cc1. The van der Waals surface area contributed by atoms with E-state index >= 15 is 0 Å². The van der Waals surface area contributed by atoms with Gasteiger partial charge in [-0.05, 0) is 36.4 Å². The van der Waals surface area contributed by atoms with Crippen molar-refractivity contribution in [2.24, 2.45) is 5.92 Å². The highest BCUT2D eigenvalue weighted by Gasteiger charge is 2.35. The zero-order valence-corrected chi connectivity index (χ0v) is 20.3. The first-order chi connectivity index (χ1) is 16.9. The zero-order chi connectivity index (χ0) is 24.8. The summed E-state index contributed by atoms with van der Waals surface area (Å²) < 4.78 is 0.532. The summed E-state index contributed by atoms with van der Waals surface area (Å²) in [6, 6.07) is 16.0. The Morgan fingerprint density at radius 2 is 1.69 bits per heavy atom. The van der Waals surface area contributed by atoms with Gasteiger partial charge in [-0.25, -0.2) is 0 Å². The molecule has 0 unspecified atom stereocenters. The van der Waals surface area contributed by atoms with E-state index < -0.39 is 5.92 Å². The Hall–Kier alpha value is -3.77. The molecule has 0 spiro atoms. The van der Waals surface area contributed by atoms with E-state index in [1.54, 1.807) is 29.2 Å². The maximum absolute atomic E-state index is 12.7. The molecule has 1 fully saturated rings. The highest BCUT2D eigenvalue weighted by atomic mass is 32.2. The van der Waals surface area contributed by atoms with Crippen LogP contribution in [0.5, 0.6) is 0 Å². The summed E-state index contributed by atoms with van der Waals surface area (Å²) >= 11 is 2.36. The topological polar surface area (TPSA) is 133 Å². The molecule has 0 saturated carbocycles. The van der Waals surface area contributed by atoms with Crippen molar-refractivity contribution >= 4 is 68.9 Å². The lowest BCUT2D eigenvalue weighted by atomic mass is 10.1. The second-order valence-electron chi connectivity index (χ2n) is 7.70. The van der Waals surface area contributed by atoms with Gasteiger partial charge in [-0.1, -0.05) is 41.3 Å². The van der Waals surface area contributed by atoms with Crippen LogP contribution in [-0.2, 0) is 19.2 Å². The van der Waals surface area contributed by atoms with Crippen molar-refractivity contribution in [3.63, 3.8) is 0 Å². The van der Waals surface area contributed by atoms with Crippen LogP contribution in [0.25, 0.3) is 0 Å². The lowest BCUT2D eigenvalue weighted by Crippen LogP contribution is -2.28. The molecule has 4 rings (SSSR count). The first-order valence-electron chi connectivity index (χ1n) is 10.7. The van der Waals surface area contributed by atoms with Crippen LogP contribution in [0.3, 0.4) is 0 Å². The van der Waals surface area contributed by atoms with Crippen molar-refractivity contribution in [3.05, 3.63) is 54.6 Å². The molecule has 0 aliphatic carbocycles. The summed E-state index contributed by atoms with van der Waals surface area (Å²) in [7, 11) is 0. The minimum absolute atomic E-state index is 0.0966. The number of benzene rings is 2. The molecule has 12 heteroatoms. The Labute approximate surface area is 209 Å². The number of amides is 4. The number of thioether (sulfide) groups is 1. The van der Waals surface area contributed by atoms with Crippen LogP contribution in [-0.4, -0.2) is 46.1 Å². The number of carbonyl (C=O) groups excluding carboxylic acids is 4. The first-order valence-corrected chi connectivity index (χ1v) is 12.5. The number of hydrogen-bond acceptors (Lipinski definition) is 8. The molecule has 1 aliphatic rings. The number of aromatic nitrogens is 2. The minimum Gasteiger partial charge on any atom is -0.326 e. The van der Waals surface area contributed by atoms with E-state index in [1.165, 1.54) is 18.7 Å². The third-order valence-corrected chi connectivity index (χ3v) is 6.99. The highest BCUT2D eigenvalue weighted by Crippen LogP contribution is 2.28. The average molecular weight is 511 g/mol. The van der Waals surface area contributed by atoms with Crippen molar-refractivity contribution < 1.29 is 19.2 Å². The summed E-state index contributed by atoms with van der Waals surface area (Å²) in [4.78, 5) is 49.9. The Bertz CT molecular complexity index is 1230. The summed E-state index contributed by atoms with van der Waals surface area (Å²) in [5, 5.41) is 16.5. The number of hydrogen-bond donors (Lipinski definition) is 3. The standard InChI is InChI=1S/C23H22N6O4S2/c1-14(30)24-16-7-9-17(10-8-16)25-19(31)13-34-23-28-27-22(35-23)26-21(33)15-11-20(32)29(12-15)18-5-3-2-4-6-18/h2-10,15H,11-13H2,1H3,(H,24,30)(H,25,31)(H,26,27,33)/t15-/m1/s1. The van der Waals surface area contributed by atoms with Gasteiger partial charge in [-0.3, -0.25) is 19.2 Å². The molecule has 3 N–H and O–H groups in total. The van der Waals surface area contributed by atoms with Crippen LogP contribution in [0.4, 0.5) is 22.2 Å². The molecule has 0 radical (unpaired) electrons. The average Bonchev–Trinajstić information content (AvgIpc) is 3.45. The molecule has 35 heavy (non-hydrogen) atoms. The normalized spacial score (nSPS) is 15.1. The van der Waals surface area contributed by atoms with Gasteiger partial charge in [0.25, 0.3) is 0 Å². The summed E-state index contributed by atoms with van der Waals surface area (Å²) in [6.07, 6.45) is 0.132. The Kier molecular flexibility index (Phi) is 7.73. The predicted octanol–water partition coefficient (Wildman–Crippen LogP) is 3.22. The molecular formula is C23H22N6O4S2. The number of carbonyl (C=O) groups is 4. The number of rotatable bonds is 8. The lowest BCUT2D eigenvalue weighted by Gasteiger charge is -2.16. The van der Waals surface area contributed by atoms with Gasteiger partial charge in [0.05, 0.1) is 11.7 Å². The fourth-order valence-electron chi connectivity index (χ4n) is 3.43. The Morgan fingerprint density at radius 3 is 2.37 bits per heavy atom. The molecule has 0 bridgehead atoms. The Balaban J connectivity index is 1.24. The molecule has 1 aliphatic heterocycles. The minimum atomic E-state index is -0.481. The van der Waals surface area contributed by atoms with Crippen LogP contribution in [0.15, 0.2) is 58.9 Å². The van der Waals surface area contributed by atoms with Gasteiger partial charge in [0.1, 0.15) is 0 Å². The fraction of sp³-hybridized carbons (Fsp3) is 0.217. The van der Waals surface area contributed by atoms with Crippen LogP contribution < -0.4 is 20.9 Å². The van der Waals surface area contributed by atoms with E-state index in [1.807, 2.05) is 30.3 Å². The monoisotopic (exact) mass is 510 g/mol. The summed E-state index contributed by atoms with van der Waals surface area (Å²) in [5.41, 5.74) is 2.01. The predicted molar refractivity (Wildman–Crippen MR) is 136 cm³/mol. The fourth-order valence-corrected chi connectivity index (χ4v) is 4.99. The molecular weight excluding hydrogens is 488 g/mol. The third-order valence-electron chi connectivity index (χ3n) is 5.02. The van der Waals surface area contributed by atoms with Crippen molar-refractivity contribution in [2.45, 2.75) is 17.7 Å². The van der Waals surface area contributed by atoms with E-state index in [0.29, 0.717) is 27.4 Å². The quantitative estimate of drug-likeness (QED) is 0.313. The molecule has 4 amide bonds. The Morgan fingerprint density at radius 1 is 1.00 bits per heavy atom. The van der Waals surface area contributed by atoms with Crippen LogP contribution >= 0.6 is 23.1 Å². The maximum atomic E-state index is 12.7. The molecule has 2 aromatic carbocycles. The van der Waals surface area contributed by atoms with Crippen molar-refractivity contribution in [1.82, 2.24) is 10.2 Å². The third kappa shape index (κ3) is 6.64. The highest BCUT2D eigenvalue weighted by molar-refractivity contribution is 8.01. The van der Waals surface area contributed by atoms with Crippen LogP contribution in [0, 0.1) is 5.92 Å². The van der Waals surface area contributed by atoms with Gasteiger partial charge in [0.2, 0.25) is 28.8 Å². The molecule has 1 atom stereocenters. The van der Waals surface area contributed by atoms with E-state index in [2.05, 4.69) is 26.1 Å². The van der Waals surface area contributed by atoms with E-state index in [-0.39, 0.29) is 35.8 Å². The summed E-state index contributed by atoms with van der Waals surface area (Å²) in [6.45, 7) is 1.73. The van der Waals surface area contributed by atoms with Crippen LogP contribution in [0.2, 0.25) is 0 Å². The molecule has 180 valence electrons. The molecule has 10 nitrogen and oxygen atoms in total. The van der Waals surface area contributed by atoms with Crippen molar-refractivity contribution in [3.8, 4) is 0 Å². The van der Waals surface area contributed by atoms with Gasteiger partial charge in [0.15, 0.2) is 4.34 Å². The molecule has 1 saturated heterocycles. The molecule has 2 heterocycles. The van der Waals surface area contributed by atoms with Gasteiger partial charge in [0, 0.05) is 37.0 Å². The second kappa shape index (κ2) is 11.1. The smallest absolute Gasteiger partial charge is 0.234 e. The zero-order valence-electron chi connectivity index (χ0n) is 18.7. The number of nitrogens with zero attached hydrogens (tertiary/aromatic N) is 3. The number of anilines is 4. The van der Waals surface area contributed by atoms with Crippen molar-refractivity contribution in [2.75, 3.05) is 33.1 Å². The van der Waals surface area contributed by atoms with Crippen molar-refractivity contribution in [1.29, 1.82) is 0 Å². The molecule has 3 aromatic rings. The lowest BCUT2D eigenvalue weighted by molar-refractivity contribution is -0.122. The maximum Gasteiger partial charge on any atom is 0.234 e.